The van der Waals surface area contributed by atoms with Crippen LogP contribution in [0, 0.1) is 11.8 Å². The maximum atomic E-state index is 5.57. The fourth-order valence-electron chi connectivity index (χ4n) is 2.48. The molecule has 1 aliphatic carbocycles. The Morgan fingerprint density at radius 2 is 2.31 bits per heavy atom. The SMILES string of the molecule is C=C(C)CC(NN)C1CCCC1C. The molecule has 3 unspecified atom stereocenters. The average Bonchev–Trinajstić information content (AvgIpc) is 2.47. The topological polar surface area (TPSA) is 38.0 Å². The van der Waals surface area contributed by atoms with Gasteiger partial charge in [-0.15, -0.1) is 6.58 Å². The van der Waals surface area contributed by atoms with Crippen LogP contribution in [0.4, 0.5) is 0 Å². The van der Waals surface area contributed by atoms with Crippen LogP contribution in [-0.2, 0) is 0 Å². The number of nitrogens with two attached hydrogens (primary N) is 1. The fraction of sp³-hybridized carbons (Fsp3) is 0.818. The highest BCUT2D eigenvalue weighted by Crippen LogP contribution is 2.35. The Balaban J connectivity index is 2.49. The van der Waals surface area contributed by atoms with Crippen LogP contribution in [0.2, 0.25) is 0 Å². The van der Waals surface area contributed by atoms with Crippen molar-refractivity contribution in [2.24, 2.45) is 17.7 Å². The lowest BCUT2D eigenvalue weighted by Crippen LogP contribution is -2.41. The molecule has 0 heterocycles. The van der Waals surface area contributed by atoms with E-state index in [4.69, 9.17) is 5.84 Å². The predicted molar refractivity (Wildman–Crippen MR) is 57.0 cm³/mol. The minimum absolute atomic E-state index is 0.440. The summed E-state index contributed by atoms with van der Waals surface area (Å²) in [6, 6.07) is 0.440. The highest BCUT2D eigenvalue weighted by atomic mass is 15.2. The van der Waals surface area contributed by atoms with Crippen molar-refractivity contribution < 1.29 is 0 Å². The van der Waals surface area contributed by atoms with Crippen LogP contribution in [-0.4, -0.2) is 6.04 Å². The maximum absolute atomic E-state index is 5.57. The van der Waals surface area contributed by atoms with Crippen molar-refractivity contribution >= 4 is 0 Å². The highest BCUT2D eigenvalue weighted by molar-refractivity contribution is 4.96. The lowest BCUT2D eigenvalue weighted by molar-refractivity contribution is 0.297. The Labute approximate surface area is 81.6 Å². The normalized spacial score (nSPS) is 30.4. The molecular weight excluding hydrogens is 160 g/mol. The second-order valence-electron chi connectivity index (χ2n) is 4.51. The molecule has 1 saturated carbocycles. The first kappa shape index (κ1) is 10.7. The molecule has 0 amide bonds. The van der Waals surface area contributed by atoms with E-state index in [0.29, 0.717) is 6.04 Å². The van der Waals surface area contributed by atoms with Crippen molar-refractivity contribution in [2.45, 2.75) is 45.6 Å². The smallest absolute Gasteiger partial charge is 0.0278 e. The molecule has 2 nitrogen and oxygen atoms in total. The van der Waals surface area contributed by atoms with Crippen molar-refractivity contribution in [1.29, 1.82) is 0 Å². The summed E-state index contributed by atoms with van der Waals surface area (Å²) >= 11 is 0. The minimum Gasteiger partial charge on any atom is -0.271 e. The van der Waals surface area contributed by atoms with Gasteiger partial charge in [-0.1, -0.05) is 25.3 Å². The van der Waals surface area contributed by atoms with Gasteiger partial charge in [0.2, 0.25) is 0 Å². The molecule has 0 aliphatic heterocycles. The summed E-state index contributed by atoms with van der Waals surface area (Å²) in [4.78, 5) is 0. The minimum atomic E-state index is 0.440. The third-order valence-corrected chi connectivity index (χ3v) is 3.23. The molecule has 1 rings (SSSR count). The summed E-state index contributed by atoms with van der Waals surface area (Å²) in [5, 5.41) is 0. The Morgan fingerprint density at radius 1 is 1.62 bits per heavy atom. The predicted octanol–water partition coefficient (Wildman–Crippen LogP) is 2.22. The Kier molecular flexibility index (Phi) is 3.94. The van der Waals surface area contributed by atoms with Gasteiger partial charge in [0, 0.05) is 6.04 Å². The molecule has 0 saturated heterocycles. The van der Waals surface area contributed by atoms with Crippen molar-refractivity contribution in [3.63, 3.8) is 0 Å². The first-order chi connectivity index (χ1) is 6.15. The zero-order valence-electron chi connectivity index (χ0n) is 8.84. The second-order valence-corrected chi connectivity index (χ2v) is 4.51. The van der Waals surface area contributed by atoms with Gasteiger partial charge in [0.05, 0.1) is 0 Å². The lowest BCUT2D eigenvalue weighted by Gasteiger charge is -2.26. The molecule has 1 aliphatic rings. The zero-order chi connectivity index (χ0) is 9.84. The first-order valence-corrected chi connectivity index (χ1v) is 5.25. The molecule has 3 N–H and O–H groups in total. The molecular formula is C11H22N2. The molecule has 1 fully saturated rings. The van der Waals surface area contributed by atoms with E-state index < -0.39 is 0 Å². The monoisotopic (exact) mass is 182 g/mol. The van der Waals surface area contributed by atoms with E-state index in [2.05, 4.69) is 25.9 Å². The van der Waals surface area contributed by atoms with Gasteiger partial charge in [-0.2, -0.15) is 0 Å². The summed E-state index contributed by atoms with van der Waals surface area (Å²) in [6.07, 6.45) is 5.06. The Morgan fingerprint density at radius 3 is 2.69 bits per heavy atom. The molecule has 76 valence electrons. The largest absolute Gasteiger partial charge is 0.271 e. The van der Waals surface area contributed by atoms with Crippen LogP contribution in [0.1, 0.15) is 39.5 Å². The molecule has 2 heteroatoms. The number of hydrazine groups is 1. The molecule has 0 aromatic rings. The maximum Gasteiger partial charge on any atom is 0.0278 e. The number of hydrogen-bond acceptors (Lipinski definition) is 2. The van der Waals surface area contributed by atoms with Gasteiger partial charge in [0.15, 0.2) is 0 Å². The van der Waals surface area contributed by atoms with E-state index in [1.165, 1.54) is 24.8 Å². The van der Waals surface area contributed by atoms with Gasteiger partial charge < -0.3 is 0 Å². The zero-order valence-corrected chi connectivity index (χ0v) is 8.84. The van der Waals surface area contributed by atoms with E-state index in [0.717, 1.165) is 18.3 Å². The van der Waals surface area contributed by atoms with Gasteiger partial charge in [0.25, 0.3) is 0 Å². The van der Waals surface area contributed by atoms with Gasteiger partial charge in [0.1, 0.15) is 0 Å². The summed E-state index contributed by atoms with van der Waals surface area (Å²) in [7, 11) is 0. The third-order valence-electron chi connectivity index (χ3n) is 3.23. The van der Waals surface area contributed by atoms with E-state index in [-0.39, 0.29) is 0 Å². The molecule has 0 spiro atoms. The van der Waals surface area contributed by atoms with Crippen LogP contribution in [0.5, 0.6) is 0 Å². The van der Waals surface area contributed by atoms with Crippen LogP contribution in [0.15, 0.2) is 12.2 Å². The van der Waals surface area contributed by atoms with Gasteiger partial charge >= 0.3 is 0 Å². The van der Waals surface area contributed by atoms with Crippen LogP contribution >= 0.6 is 0 Å². The number of hydrogen-bond donors (Lipinski definition) is 2. The van der Waals surface area contributed by atoms with Crippen LogP contribution in [0.25, 0.3) is 0 Å². The average molecular weight is 182 g/mol. The van der Waals surface area contributed by atoms with E-state index >= 15 is 0 Å². The first-order valence-electron chi connectivity index (χ1n) is 5.25. The molecule has 13 heavy (non-hydrogen) atoms. The third kappa shape index (κ3) is 2.82. The van der Waals surface area contributed by atoms with Crippen molar-refractivity contribution in [3.8, 4) is 0 Å². The van der Waals surface area contributed by atoms with Gasteiger partial charge in [-0.05, 0) is 31.6 Å². The summed E-state index contributed by atoms with van der Waals surface area (Å²) in [5.41, 5.74) is 4.17. The van der Waals surface area contributed by atoms with E-state index in [9.17, 15) is 0 Å². The quantitative estimate of drug-likeness (QED) is 0.397. The van der Waals surface area contributed by atoms with Crippen molar-refractivity contribution in [1.82, 2.24) is 5.43 Å². The molecule has 3 atom stereocenters. The lowest BCUT2D eigenvalue weighted by atomic mass is 9.87. The van der Waals surface area contributed by atoms with Crippen LogP contribution in [0.3, 0.4) is 0 Å². The Bertz CT molecular complexity index is 177. The molecule has 0 bridgehead atoms. The standard InChI is InChI=1S/C11H22N2/c1-8(2)7-11(13-12)10-6-4-5-9(10)3/h9-11,13H,1,4-7,12H2,2-3H3. The van der Waals surface area contributed by atoms with Crippen LogP contribution < -0.4 is 11.3 Å². The highest BCUT2D eigenvalue weighted by Gasteiger charge is 2.29. The fourth-order valence-corrected chi connectivity index (χ4v) is 2.48. The van der Waals surface area contributed by atoms with Gasteiger partial charge in [-0.25, -0.2) is 0 Å². The number of nitrogens with one attached hydrogen (secondary N) is 1. The van der Waals surface area contributed by atoms with Crippen molar-refractivity contribution in [2.75, 3.05) is 0 Å². The summed E-state index contributed by atoms with van der Waals surface area (Å²) in [5.74, 6) is 7.14. The Hall–Kier alpha value is -0.340. The summed E-state index contributed by atoms with van der Waals surface area (Å²) in [6.45, 7) is 8.35. The summed E-state index contributed by atoms with van der Waals surface area (Å²) < 4.78 is 0. The van der Waals surface area contributed by atoms with Crippen molar-refractivity contribution in [3.05, 3.63) is 12.2 Å². The molecule has 0 aromatic heterocycles. The van der Waals surface area contributed by atoms with Gasteiger partial charge in [-0.3, -0.25) is 11.3 Å². The molecule has 0 aromatic carbocycles. The van der Waals surface area contributed by atoms with E-state index in [1.807, 2.05) is 0 Å². The molecule has 0 radical (unpaired) electrons. The van der Waals surface area contributed by atoms with E-state index in [1.54, 1.807) is 0 Å². The second kappa shape index (κ2) is 4.77. The number of rotatable bonds is 4.